The molecule has 0 aliphatic carbocycles. The summed E-state index contributed by atoms with van der Waals surface area (Å²) in [6.45, 7) is 3.02. The van der Waals surface area contributed by atoms with E-state index in [4.69, 9.17) is 5.84 Å². The Labute approximate surface area is 98.3 Å². The van der Waals surface area contributed by atoms with Crippen molar-refractivity contribution in [1.29, 1.82) is 0 Å². The van der Waals surface area contributed by atoms with Gasteiger partial charge in [0.1, 0.15) is 5.82 Å². The van der Waals surface area contributed by atoms with Gasteiger partial charge in [-0.2, -0.15) is 0 Å². The van der Waals surface area contributed by atoms with Crippen molar-refractivity contribution < 1.29 is 0 Å². The molecule has 3 N–H and O–H groups in total. The Balaban J connectivity index is 2.13. The molecule has 0 fully saturated rings. The van der Waals surface area contributed by atoms with E-state index >= 15 is 0 Å². The average molecular weight is 237 g/mol. The fourth-order valence-corrected chi connectivity index (χ4v) is 2.25. The van der Waals surface area contributed by atoms with Crippen molar-refractivity contribution in [2.75, 3.05) is 0 Å². The van der Waals surface area contributed by atoms with Gasteiger partial charge in [0.25, 0.3) is 0 Å². The highest BCUT2D eigenvalue weighted by atomic mass is 32.1. The molecule has 0 radical (unpaired) electrons. The fourth-order valence-electron chi connectivity index (χ4n) is 1.64. The van der Waals surface area contributed by atoms with Crippen LogP contribution in [0.1, 0.15) is 24.5 Å². The van der Waals surface area contributed by atoms with Crippen LogP contribution in [0.4, 0.5) is 0 Å². The van der Waals surface area contributed by atoms with E-state index in [-0.39, 0.29) is 6.04 Å². The molecule has 2 rings (SSSR count). The summed E-state index contributed by atoms with van der Waals surface area (Å²) in [5, 5.41) is 2.00. The van der Waals surface area contributed by atoms with Crippen LogP contribution in [0, 0.1) is 0 Å². The van der Waals surface area contributed by atoms with Gasteiger partial charge in [0.15, 0.2) is 0 Å². The molecule has 2 aromatic heterocycles. The molecule has 1 atom stereocenters. The van der Waals surface area contributed by atoms with E-state index < -0.39 is 0 Å². The molecule has 86 valence electrons. The molecule has 2 aromatic rings. The number of aromatic nitrogens is 3. The van der Waals surface area contributed by atoms with Crippen LogP contribution in [0.25, 0.3) is 0 Å². The predicted octanol–water partition coefficient (Wildman–Crippen LogP) is 1.11. The summed E-state index contributed by atoms with van der Waals surface area (Å²) in [4.78, 5) is 8.59. The molecule has 0 spiro atoms. The van der Waals surface area contributed by atoms with Crippen molar-refractivity contribution in [3.8, 4) is 0 Å². The molecular formula is C10H15N5S. The number of hydrogen-bond donors (Lipinski definition) is 2. The number of imidazole rings is 1. The van der Waals surface area contributed by atoms with Crippen LogP contribution in [0.5, 0.6) is 0 Å². The van der Waals surface area contributed by atoms with Crippen LogP contribution < -0.4 is 11.3 Å². The quantitative estimate of drug-likeness (QED) is 0.603. The van der Waals surface area contributed by atoms with Gasteiger partial charge in [-0.1, -0.05) is 0 Å². The van der Waals surface area contributed by atoms with Gasteiger partial charge in [-0.05, 0) is 6.92 Å². The highest BCUT2D eigenvalue weighted by molar-refractivity contribution is 7.07. The molecular weight excluding hydrogens is 222 g/mol. The third-order valence-corrected chi connectivity index (χ3v) is 3.14. The summed E-state index contributed by atoms with van der Waals surface area (Å²) in [5.41, 5.74) is 5.57. The third kappa shape index (κ3) is 2.29. The molecule has 0 amide bonds. The molecule has 1 unspecified atom stereocenters. The zero-order valence-corrected chi connectivity index (χ0v) is 9.94. The normalized spacial score (nSPS) is 12.9. The van der Waals surface area contributed by atoms with Crippen molar-refractivity contribution in [3.63, 3.8) is 0 Å². The Morgan fingerprint density at radius 3 is 3.06 bits per heavy atom. The van der Waals surface area contributed by atoms with E-state index in [2.05, 4.69) is 26.9 Å². The third-order valence-electron chi connectivity index (χ3n) is 2.54. The maximum absolute atomic E-state index is 5.55. The second-order valence-electron chi connectivity index (χ2n) is 3.47. The zero-order chi connectivity index (χ0) is 11.4. The smallest absolute Gasteiger partial charge is 0.110 e. The lowest BCUT2D eigenvalue weighted by atomic mass is 10.1. The Kier molecular flexibility index (Phi) is 3.66. The van der Waals surface area contributed by atoms with Crippen molar-refractivity contribution in [3.05, 3.63) is 34.8 Å². The number of nitrogens with one attached hydrogen (secondary N) is 1. The molecule has 0 aliphatic heterocycles. The van der Waals surface area contributed by atoms with E-state index in [1.165, 1.54) is 0 Å². The van der Waals surface area contributed by atoms with Gasteiger partial charge in [0.2, 0.25) is 0 Å². The van der Waals surface area contributed by atoms with Crippen LogP contribution in [0.3, 0.4) is 0 Å². The SMILES string of the molecule is CCn1ccnc1CC(NN)c1cscn1. The lowest BCUT2D eigenvalue weighted by molar-refractivity contribution is 0.514. The summed E-state index contributed by atoms with van der Waals surface area (Å²) in [6, 6.07) is 0.0268. The first kappa shape index (κ1) is 11.3. The van der Waals surface area contributed by atoms with Crippen LogP contribution in [0.15, 0.2) is 23.3 Å². The topological polar surface area (TPSA) is 68.8 Å². The Morgan fingerprint density at radius 1 is 1.56 bits per heavy atom. The van der Waals surface area contributed by atoms with Crippen LogP contribution in [-0.4, -0.2) is 14.5 Å². The minimum absolute atomic E-state index is 0.0268. The second-order valence-corrected chi connectivity index (χ2v) is 4.18. The molecule has 5 nitrogen and oxygen atoms in total. The highest BCUT2D eigenvalue weighted by Gasteiger charge is 2.15. The van der Waals surface area contributed by atoms with Crippen LogP contribution in [0.2, 0.25) is 0 Å². The standard InChI is InChI=1S/C10H15N5S/c1-2-15-4-3-12-10(15)5-8(14-11)9-6-16-7-13-9/h3-4,6-8,14H,2,5,11H2,1H3. The zero-order valence-electron chi connectivity index (χ0n) is 9.13. The maximum Gasteiger partial charge on any atom is 0.110 e. The van der Waals surface area contributed by atoms with Gasteiger partial charge in [-0.25, -0.2) is 9.97 Å². The average Bonchev–Trinajstić information content (AvgIpc) is 2.96. The second kappa shape index (κ2) is 5.20. The van der Waals surface area contributed by atoms with Crippen molar-refractivity contribution in [2.24, 2.45) is 5.84 Å². The monoisotopic (exact) mass is 237 g/mol. The largest absolute Gasteiger partial charge is 0.335 e. The lowest BCUT2D eigenvalue weighted by Crippen LogP contribution is -2.30. The summed E-state index contributed by atoms with van der Waals surface area (Å²) >= 11 is 1.57. The molecule has 16 heavy (non-hydrogen) atoms. The number of hydrogen-bond acceptors (Lipinski definition) is 5. The summed E-state index contributed by atoms with van der Waals surface area (Å²) in [6.07, 6.45) is 4.54. The molecule has 0 aromatic carbocycles. The van der Waals surface area contributed by atoms with Crippen LogP contribution in [-0.2, 0) is 13.0 Å². The van der Waals surface area contributed by atoms with Gasteiger partial charge in [-0.15, -0.1) is 11.3 Å². The summed E-state index contributed by atoms with van der Waals surface area (Å²) in [5.74, 6) is 6.58. The van der Waals surface area contributed by atoms with Gasteiger partial charge in [0, 0.05) is 30.7 Å². The number of thiazole rings is 1. The van der Waals surface area contributed by atoms with Crippen molar-refractivity contribution in [1.82, 2.24) is 20.0 Å². The molecule has 2 heterocycles. The van der Waals surface area contributed by atoms with E-state index in [9.17, 15) is 0 Å². The Bertz CT molecular complexity index is 422. The highest BCUT2D eigenvalue weighted by Crippen LogP contribution is 2.16. The van der Waals surface area contributed by atoms with Crippen LogP contribution >= 0.6 is 11.3 Å². The molecule has 6 heteroatoms. The Hall–Kier alpha value is -1.24. The first-order valence-electron chi connectivity index (χ1n) is 5.19. The number of nitrogens with zero attached hydrogens (tertiary/aromatic N) is 3. The summed E-state index contributed by atoms with van der Waals surface area (Å²) in [7, 11) is 0. The summed E-state index contributed by atoms with van der Waals surface area (Å²) < 4.78 is 2.11. The van der Waals surface area contributed by atoms with Gasteiger partial charge >= 0.3 is 0 Å². The number of aryl methyl sites for hydroxylation is 1. The number of nitrogens with two attached hydrogens (primary N) is 1. The molecule has 0 saturated heterocycles. The lowest BCUT2D eigenvalue weighted by Gasteiger charge is -2.13. The first-order chi connectivity index (χ1) is 7.85. The molecule has 0 bridgehead atoms. The Morgan fingerprint density at radius 2 is 2.44 bits per heavy atom. The number of hydrazine groups is 1. The predicted molar refractivity (Wildman–Crippen MR) is 63.8 cm³/mol. The van der Waals surface area contributed by atoms with E-state index in [1.54, 1.807) is 11.3 Å². The first-order valence-corrected chi connectivity index (χ1v) is 6.13. The minimum Gasteiger partial charge on any atom is -0.335 e. The van der Waals surface area contributed by atoms with Crippen molar-refractivity contribution in [2.45, 2.75) is 25.9 Å². The fraction of sp³-hybridized carbons (Fsp3) is 0.400. The van der Waals surface area contributed by atoms with E-state index in [1.807, 2.05) is 23.3 Å². The van der Waals surface area contributed by atoms with Gasteiger partial charge in [0.05, 0.1) is 17.2 Å². The van der Waals surface area contributed by atoms with Crippen molar-refractivity contribution >= 4 is 11.3 Å². The van der Waals surface area contributed by atoms with E-state index in [0.717, 1.165) is 24.5 Å². The number of rotatable bonds is 5. The van der Waals surface area contributed by atoms with E-state index in [0.29, 0.717) is 0 Å². The molecule has 0 saturated carbocycles. The van der Waals surface area contributed by atoms with Gasteiger partial charge < -0.3 is 4.57 Å². The minimum atomic E-state index is 0.0268. The van der Waals surface area contributed by atoms with Gasteiger partial charge in [-0.3, -0.25) is 11.3 Å². The molecule has 0 aliphatic rings. The maximum atomic E-state index is 5.55.